The highest BCUT2D eigenvalue weighted by molar-refractivity contribution is 5.95. The summed E-state index contributed by atoms with van der Waals surface area (Å²) >= 11 is 0. The van der Waals surface area contributed by atoms with Gasteiger partial charge < -0.3 is 14.8 Å². The van der Waals surface area contributed by atoms with Crippen LogP contribution in [0.4, 0.5) is 5.69 Å². The fourth-order valence-electron chi connectivity index (χ4n) is 5.68. The first-order valence-electron chi connectivity index (χ1n) is 9.79. The van der Waals surface area contributed by atoms with Crippen molar-refractivity contribution in [2.24, 2.45) is 23.2 Å². The van der Waals surface area contributed by atoms with Gasteiger partial charge in [-0.05, 0) is 75.3 Å². The van der Waals surface area contributed by atoms with Gasteiger partial charge in [0.2, 0.25) is 5.91 Å². The normalized spacial score (nSPS) is 32.6. The summed E-state index contributed by atoms with van der Waals surface area (Å²) in [5.41, 5.74) is 0.732. The minimum Gasteiger partial charge on any atom is -0.491 e. The molecule has 5 rings (SSSR count). The van der Waals surface area contributed by atoms with Gasteiger partial charge >= 0.3 is 0 Å². The molecule has 4 heteroatoms. The Morgan fingerprint density at radius 3 is 2.44 bits per heavy atom. The van der Waals surface area contributed by atoms with Gasteiger partial charge in [-0.25, -0.2) is 0 Å². The number of carbonyl (C=O) groups excluding carboxylic acids is 1. The molecule has 4 nitrogen and oxygen atoms in total. The van der Waals surface area contributed by atoms with Crippen LogP contribution in [0.2, 0.25) is 0 Å². The average Bonchev–Trinajstić information content (AvgIpc) is 2.58. The van der Waals surface area contributed by atoms with E-state index in [2.05, 4.69) is 5.32 Å². The largest absolute Gasteiger partial charge is 0.491 e. The molecule has 0 unspecified atom stereocenters. The summed E-state index contributed by atoms with van der Waals surface area (Å²) in [4.78, 5) is 13.1. The van der Waals surface area contributed by atoms with Gasteiger partial charge in [-0.3, -0.25) is 4.79 Å². The van der Waals surface area contributed by atoms with Crippen LogP contribution in [0, 0.1) is 23.2 Å². The fraction of sp³-hybridized carbons (Fsp3) is 0.667. The summed E-state index contributed by atoms with van der Waals surface area (Å²) < 4.78 is 11.0. The van der Waals surface area contributed by atoms with Gasteiger partial charge in [0.15, 0.2) is 0 Å². The van der Waals surface area contributed by atoms with E-state index in [0.717, 1.165) is 48.5 Å². The van der Waals surface area contributed by atoms with Gasteiger partial charge in [0.1, 0.15) is 12.4 Å². The van der Waals surface area contributed by atoms with Crippen LogP contribution in [0.1, 0.15) is 45.4 Å². The summed E-state index contributed by atoms with van der Waals surface area (Å²) in [7, 11) is 0. The van der Waals surface area contributed by atoms with Crippen LogP contribution in [-0.4, -0.2) is 25.7 Å². The lowest BCUT2D eigenvalue weighted by Crippen LogP contribution is -2.51. The van der Waals surface area contributed by atoms with Crippen molar-refractivity contribution in [1.82, 2.24) is 0 Å². The number of hydrogen-bond donors (Lipinski definition) is 1. The third kappa shape index (κ3) is 3.55. The molecule has 136 valence electrons. The second-order valence-corrected chi connectivity index (χ2v) is 8.23. The summed E-state index contributed by atoms with van der Waals surface area (Å²) in [5.74, 6) is 3.36. The van der Waals surface area contributed by atoms with Gasteiger partial charge in [-0.2, -0.15) is 0 Å². The monoisotopic (exact) mass is 343 g/mol. The van der Waals surface area contributed by atoms with Crippen molar-refractivity contribution in [1.29, 1.82) is 0 Å². The first kappa shape index (κ1) is 16.9. The number of nitrogens with one attached hydrogen (secondary N) is 1. The molecule has 0 atom stereocenters. The number of carbonyl (C=O) groups is 1. The Hall–Kier alpha value is -1.55. The van der Waals surface area contributed by atoms with Gasteiger partial charge in [-0.1, -0.05) is 6.07 Å². The molecule has 4 bridgehead atoms. The molecule has 1 aromatic carbocycles. The molecule has 1 N–H and O–H groups in total. The highest BCUT2D eigenvalue weighted by Gasteiger charge is 2.54. The summed E-state index contributed by atoms with van der Waals surface area (Å²) in [6, 6.07) is 7.73. The van der Waals surface area contributed by atoms with Crippen molar-refractivity contribution in [3.63, 3.8) is 0 Å². The zero-order valence-corrected chi connectivity index (χ0v) is 15.1. The Kier molecular flexibility index (Phi) is 4.72. The van der Waals surface area contributed by atoms with Crippen molar-refractivity contribution >= 4 is 11.6 Å². The van der Waals surface area contributed by atoms with Crippen LogP contribution < -0.4 is 10.1 Å². The van der Waals surface area contributed by atoms with Crippen LogP contribution in [-0.2, 0) is 9.53 Å². The fourth-order valence-corrected chi connectivity index (χ4v) is 5.68. The van der Waals surface area contributed by atoms with Crippen LogP contribution in [0.5, 0.6) is 5.75 Å². The summed E-state index contributed by atoms with van der Waals surface area (Å²) in [6.45, 7) is 3.78. The van der Waals surface area contributed by atoms with Crippen LogP contribution >= 0.6 is 0 Å². The van der Waals surface area contributed by atoms with Crippen molar-refractivity contribution in [3.05, 3.63) is 24.3 Å². The predicted molar refractivity (Wildman–Crippen MR) is 97.7 cm³/mol. The highest BCUT2D eigenvalue weighted by Crippen LogP contribution is 2.60. The molecule has 0 saturated heterocycles. The third-order valence-electron chi connectivity index (χ3n) is 6.31. The molecule has 25 heavy (non-hydrogen) atoms. The first-order chi connectivity index (χ1) is 12.2. The van der Waals surface area contributed by atoms with E-state index in [-0.39, 0.29) is 11.3 Å². The quantitative estimate of drug-likeness (QED) is 0.753. The summed E-state index contributed by atoms with van der Waals surface area (Å²) in [5, 5.41) is 3.19. The van der Waals surface area contributed by atoms with E-state index in [1.54, 1.807) is 0 Å². The zero-order valence-electron chi connectivity index (χ0n) is 15.1. The van der Waals surface area contributed by atoms with Crippen LogP contribution in [0.3, 0.4) is 0 Å². The van der Waals surface area contributed by atoms with E-state index >= 15 is 0 Å². The molecule has 0 radical (unpaired) electrons. The maximum atomic E-state index is 13.1. The van der Waals surface area contributed by atoms with Crippen molar-refractivity contribution in [3.8, 4) is 5.75 Å². The van der Waals surface area contributed by atoms with Gasteiger partial charge in [0, 0.05) is 18.4 Å². The molecule has 0 aliphatic heterocycles. The van der Waals surface area contributed by atoms with Crippen LogP contribution in [0.25, 0.3) is 0 Å². The molecule has 4 fully saturated rings. The van der Waals surface area contributed by atoms with Gasteiger partial charge in [0.05, 0.1) is 12.0 Å². The van der Waals surface area contributed by atoms with Gasteiger partial charge in [0.25, 0.3) is 0 Å². The Bertz CT molecular complexity index is 592. The van der Waals surface area contributed by atoms with Crippen molar-refractivity contribution in [2.45, 2.75) is 45.4 Å². The maximum Gasteiger partial charge on any atom is 0.230 e. The molecule has 1 amide bonds. The Balaban J connectivity index is 1.39. The lowest BCUT2D eigenvalue weighted by molar-refractivity contribution is -0.140. The molecular formula is C21H29NO3. The van der Waals surface area contributed by atoms with E-state index < -0.39 is 0 Å². The van der Waals surface area contributed by atoms with E-state index in [9.17, 15) is 4.79 Å². The Labute approximate surface area is 150 Å². The predicted octanol–water partition coefficient (Wildman–Crippen LogP) is 4.26. The lowest BCUT2D eigenvalue weighted by Gasteiger charge is -2.55. The minimum atomic E-state index is -0.111. The van der Waals surface area contributed by atoms with E-state index in [4.69, 9.17) is 9.47 Å². The SMILES string of the molecule is CCOCCOc1cccc(NC(=O)C23CC4CC(CC(C4)C2)C3)c1. The molecular weight excluding hydrogens is 314 g/mol. The molecule has 4 aliphatic carbocycles. The topological polar surface area (TPSA) is 47.6 Å². The molecule has 4 saturated carbocycles. The Morgan fingerprint density at radius 1 is 1.12 bits per heavy atom. The number of anilines is 1. The second-order valence-electron chi connectivity index (χ2n) is 8.23. The molecule has 0 spiro atoms. The Morgan fingerprint density at radius 2 is 1.80 bits per heavy atom. The average molecular weight is 343 g/mol. The smallest absolute Gasteiger partial charge is 0.230 e. The second kappa shape index (κ2) is 6.99. The zero-order chi connectivity index (χ0) is 17.3. The van der Waals surface area contributed by atoms with Crippen molar-refractivity contribution in [2.75, 3.05) is 25.1 Å². The first-order valence-corrected chi connectivity index (χ1v) is 9.79. The summed E-state index contributed by atoms with van der Waals surface area (Å²) in [6.07, 6.45) is 7.35. The highest BCUT2D eigenvalue weighted by atomic mass is 16.5. The van der Waals surface area contributed by atoms with Gasteiger partial charge in [-0.15, -0.1) is 0 Å². The van der Waals surface area contributed by atoms with Crippen molar-refractivity contribution < 1.29 is 14.3 Å². The third-order valence-corrected chi connectivity index (χ3v) is 6.31. The van der Waals surface area contributed by atoms with Crippen LogP contribution in [0.15, 0.2) is 24.3 Å². The standard InChI is InChI=1S/C21H29NO3/c1-2-24-6-7-25-19-5-3-4-18(11-19)22-20(23)21-12-15-8-16(13-21)10-17(9-15)14-21/h3-5,11,15-17H,2,6-10,12-14H2,1H3,(H,22,23). The molecule has 0 heterocycles. The van der Waals surface area contributed by atoms with E-state index in [1.165, 1.54) is 19.3 Å². The number of benzene rings is 1. The maximum absolute atomic E-state index is 13.1. The number of ether oxygens (including phenoxy) is 2. The van der Waals surface area contributed by atoms with E-state index in [1.807, 2.05) is 31.2 Å². The van der Waals surface area contributed by atoms with E-state index in [0.29, 0.717) is 19.8 Å². The lowest BCUT2D eigenvalue weighted by atomic mass is 9.49. The number of amides is 1. The minimum absolute atomic E-state index is 0.111. The number of hydrogen-bond acceptors (Lipinski definition) is 3. The molecule has 1 aromatic rings. The molecule has 0 aromatic heterocycles. The number of rotatable bonds is 7. The molecule has 4 aliphatic rings.